The number of aromatic nitrogens is 2. The highest BCUT2D eigenvalue weighted by Crippen LogP contribution is 2.33. The largest absolute Gasteiger partial charge is 0.387 e. The van der Waals surface area contributed by atoms with Crippen LogP contribution >= 0.6 is 8.53 Å². The van der Waals surface area contributed by atoms with E-state index in [1.165, 1.54) is 12.3 Å². The number of rotatable bonds is 9. The zero-order valence-electron chi connectivity index (χ0n) is 14.4. The van der Waals surface area contributed by atoms with Crippen LogP contribution in [0.1, 0.15) is 12.6 Å². The second-order valence-electron chi connectivity index (χ2n) is 5.73. The van der Waals surface area contributed by atoms with Gasteiger partial charge in [-0.2, -0.15) is 4.98 Å². The number of nitrogens with zero attached hydrogens (tertiary/aromatic N) is 2. The summed E-state index contributed by atoms with van der Waals surface area (Å²) < 4.78 is 17.5. The van der Waals surface area contributed by atoms with Crippen LogP contribution in [0.2, 0.25) is 0 Å². The minimum Gasteiger partial charge on any atom is -0.387 e. The molecule has 10 N–H and O–H groups in total. The molecule has 1 aliphatic rings. The van der Waals surface area contributed by atoms with Gasteiger partial charge in [-0.05, 0) is 12.5 Å². The molecule has 1 fully saturated rings. The van der Waals surface area contributed by atoms with E-state index in [4.69, 9.17) is 41.3 Å². The number of aliphatic hydroxyl groups excluding tert-OH is 1. The first-order chi connectivity index (χ1) is 12.8. The Morgan fingerprint density at radius 1 is 1.56 bits per heavy atom. The van der Waals surface area contributed by atoms with Crippen LogP contribution in [0.4, 0.5) is 5.82 Å². The molecule has 1 aromatic heterocycles. The molecule has 2 heterocycles. The van der Waals surface area contributed by atoms with Gasteiger partial charge in [0.2, 0.25) is 8.53 Å². The molecule has 0 aliphatic carbocycles. The number of hydrogen-bond donors (Lipinski definition) is 7. The number of aliphatic hydroxyl groups is 1. The molecular formula is C13H24N7O6P. The maximum absolute atomic E-state index is 12.1. The van der Waals surface area contributed by atoms with Crippen molar-refractivity contribution in [3.8, 4) is 0 Å². The standard InChI is InChI=1S/C13H24N7O6P/c14-8-2-4-20(13(22)19-8)11-10(24-5-1-3-18-12(15)16)9(21)7(26-11)6-25-27(17)23/h2,4,7,9-11,21,23H,1,3,5-6,17H2,(H2,14,19,22)(H4,15,16,18)/t7-,9-,10-,11-,27?/m1/s1. The Hall–Kier alpha value is -1.86. The van der Waals surface area contributed by atoms with E-state index in [1.54, 1.807) is 0 Å². The number of nitrogens with two attached hydrogens (primary N) is 3. The zero-order chi connectivity index (χ0) is 20.0. The molecule has 2 rings (SSSR count). The Morgan fingerprint density at radius 3 is 2.93 bits per heavy atom. The molecule has 0 bridgehead atoms. The van der Waals surface area contributed by atoms with Gasteiger partial charge in [0.15, 0.2) is 12.2 Å². The lowest BCUT2D eigenvalue weighted by molar-refractivity contribution is -0.0734. The molecule has 1 aromatic rings. The molecule has 1 saturated heterocycles. The third-order valence-electron chi connectivity index (χ3n) is 3.76. The summed E-state index contributed by atoms with van der Waals surface area (Å²) in [6.45, 7) is 0.428. The Labute approximate surface area is 155 Å². The minimum atomic E-state index is -2.12. The maximum Gasteiger partial charge on any atom is 0.351 e. The minimum absolute atomic E-state index is 0.0523. The molecule has 0 amide bonds. The molecule has 27 heavy (non-hydrogen) atoms. The Bertz CT molecular complexity index is 689. The number of guanidine groups is 1. The Balaban J connectivity index is 2.09. The van der Waals surface area contributed by atoms with Crippen molar-refractivity contribution in [2.24, 2.45) is 11.2 Å². The summed E-state index contributed by atoms with van der Waals surface area (Å²) in [6.07, 6.45) is -2.01. The lowest BCUT2D eigenvalue weighted by Crippen LogP contribution is -2.39. The van der Waals surface area contributed by atoms with Gasteiger partial charge in [-0.25, -0.2) is 4.79 Å². The van der Waals surface area contributed by atoms with Crippen LogP contribution in [-0.2, 0) is 14.0 Å². The summed E-state index contributed by atoms with van der Waals surface area (Å²) in [5, 5.41) is 20.2. The van der Waals surface area contributed by atoms with Crippen LogP contribution in [0.5, 0.6) is 0 Å². The number of nitrogen functional groups attached to an aromatic ring is 1. The van der Waals surface area contributed by atoms with Gasteiger partial charge in [-0.15, -0.1) is 0 Å². The molecule has 1 aliphatic heterocycles. The fraction of sp³-hybridized carbons (Fsp3) is 0.615. The smallest absolute Gasteiger partial charge is 0.351 e. The third-order valence-corrected chi connectivity index (χ3v) is 4.17. The average molecular weight is 405 g/mol. The highest BCUT2D eigenvalue weighted by atomic mass is 31.2. The zero-order valence-corrected chi connectivity index (χ0v) is 15.3. The highest BCUT2D eigenvalue weighted by molar-refractivity contribution is 7.43. The molecule has 0 saturated carbocycles. The molecule has 0 radical (unpaired) electrons. The van der Waals surface area contributed by atoms with Gasteiger partial charge >= 0.3 is 5.69 Å². The Kier molecular flexibility index (Phi) is 7.86. The summed E-state index contributed by atoms with van der Waals surface area (Å²) in [5.41, 5.74) is 15.2. The van der Waals surface area contributed by atoms with Crippen molar-refractivity contribution in [2.45, 2.75) is 31.0 Å². The van der Waals surface area contributed by atoms with E-state index in [0.717, 1.165) is 4.57 Å². The summed E-state index contributed by atoms with van der Waals surface area (Å²) in [4.78, 5) is 24.9. The first-order valence-corrected chi connectivity index (χ1v) is 9.32. The van der Waals surface area contributed by atoms with Crippen LogP contribution in [-0.4, -0.2) is 63.6 Å². The topological polar surface area (TPSA) is 217 Å². The van der Waals surface area contributed by atoms with Gasteiger partial charge < -0.3 is 40.8 Å². The molecule has 1 unspecified atom stereocenters. The van der Waals surface area contributed by atoms with Crippen molar-refractivity contribution in [1.29, 1.82) is 5.41 Å². The third kappa shape index (κ3) is 6.07. The van der Waals surface area contributed by atoms with E-state index < -0.39 is 38.8 Å². The fourth-order valence-corrected chi connectivity index (χ4v) is 2.84. The predicted octanol–water partition coefficient (Wildman–Crippen LogP) is -2.46. The van der Waals surface area contributed by atoms with Crippen LogP contribution in [0, 0.1) is 5.41 Å². The van der Waals surface area contributed by atoms with Crippen LogP contribution in [0.3, 0.4) is 0 Å². The highest BCUT2D eigenvalue weighted by Gasteiger charge is 2.46. The quantitative estimate of drug-likeness (QED) is 0.0988. The maximum atomic E-state index is 12.1. The van der Waals surface area contributed by atoms with Crippen LogP contribution in [0.15, 0.2) is 17.1 Å². The summed E-state index contributed by atoms with van der Waals surface area (Å²) in [6, 6.07) is 1.42. The lowest BCUT2D eigenvalue weighted by atomic mass is 10.1. The van der Waals surface area contributed by atoms with E-state index in [-0.39, 0.29) is 25.0 Å². The van der Waals surface area contributed by atoms with Crippen molar-refractivity contribution in [1.82, 2.24) is 14.9 Å². The molecule has 0 aromatic carbocycles. The van der Waals surface area contributed by atoms with Crippen molar-refractivity contribution in [3.05, 3.63) is 22.7 Å². The normalized spacial score (nSPS) is 26.0. The molecule has 5 atom stereocenters. The van der Waals surface area contributed by atoms with E-state index in [0.29, 0.717) is 13.0 Å². The fourth-order valence-electron chi connectivity index (χ4n) is 2.54. The summed E-state index contributed by atoms with van der Waals surface area (Å²) in [5.74, 6) is -0.104. The van der Waals surface area contributed by atoms with E-state index >= 15 is 0 Å². The predicted molar refractivity (Wildman–Crippen MR) is 96.4 cm³/mol. The van der Waals surface area contributed by atoms with Gasteiger partial charge in [0.25, 0.3) is 0 Å². The molecule has 13 nitrogen and oxygen atoms in total. The monoisotopic (exact) mass is 405 g/mol. The van der Waals surface area contributed by atoms with Crippen molar-refractivity contribution in [2.75, 3.05) is 25.5 Å². The molecule has 152 valence electrons. The number of ether oxygens (including phenoxy) is 2. The van der Waals surface area contributed by atoms with Gasteiger partial charge in [0, 0.05) is 19.3 Å². The van der Waals surface area contributed by atoms with Crippen LogP contribution in [0.25, 0.3) is 0 Å². The summed E-state index contributed by atoms with van der Waals surface area (Å²) in [7, 11) is -2.12. The van der Waals surface area contributed by atoms with Crippen molar-refractivity contribution < 1.29 is 24.0 Å². The second-order valence-corrected chi connectivity index (χ2v) is 6.59. The molecule has 0 spiro atoms. The first kappa shape index (κ1) is 21.4. The lowest BCUT2D eigenvalue weighted by Gasteiger charge is -2.22. The Morgan fingerprint density at radius 2 is 2.30 bits per heavy atom. The first-order valence-electron chi connectivity index (χ1n) is 8.04. The molecular weight excluding hydrogens is 381 g/mol. The van der Waals surface area contributed by atoms with E-state index in [1.807, 2.05) is 0 Å². The van der Waals surface area contributed by atoms with E-state index in [9.17, 15) is 9.90 Å². The van der Waals surface area contributed by atoms with Gasteiger partial charge in [-0.1, -0.05) is 0 Å². The summed E-state index contributed by atoms with van der Waals surface area (Å²) >= 11 is 0. The van der Waals surface area contributed by atoms with E-state index in [2.05, 4.69) is 10.3 Å². The average Bonchev–Trinajstić information content (AvgIpc) is 2.88. The van der Waals surface area contributed by atoms with Gasteiger partial charge in [-0.3, -0.25) is 15.5 Å². The van der Waals surface area contributed by atoms with Crippen LogP contribution < -0.4 is 28.0 Å². The number of nitrogens with one attached hydrogen (secondary N) is 2. The number of anilines is 1. The van der Waals surface area contributed by atoms with Gasteiger partial charge in [0.1, 0.15) is 24.1 Å². The number of hydrogen-bond acceptors (Lipinski definition) is 10. The molecule has 14 heteroatoms. The van der Waals surface area contributed by atoms with Gasteiger partial charge in [0.05, 0.1) is 6.61 Å². The van der Waals surface area contributed by atoms with Crippen molar-refractivity contribution in [3.63, 3.8) is 0 Å². The van der Waals surface area contributed by atoms with Crippen molar-refractivity contribution >= 4 is 20.3 Å². The SMILES string of the molecule is N=C(N)NCCCO[C@@H]1[C@H](O)[C@@H](COP(N)O)O[C@H]1n1ccc(N)nc1=O. The second kappa shape index (κ2) is 9.90.